The molecule has 0 aromatic heterocycles. The molecule has 2 aromatic carbocycles. The lowest BCUT2D eigenvalue weighted by Crippen LogP contribution is -2.22. The average Bonchev–Trinajstić information content (AvgIpc) is 2.64. The molecule has 0 spiro atoms. The SMILES string of the molecule is c1ccc(SCC(CSc2ccccc2)C2CCCCC2)cc1. The molecular weight excluding hydrogens is 316 g/mol. The van der Waals surface area contributed by atoms with Crippen LogP contribution in [0, 0.1) is 11.8 Å². The molecule has 0 aliphatic heterocycles. The second-order valence-corrected chi connectivity index (χ2v) is 8.59. The van der Waals surface area contributed by atoms with Gasteiger partial charge in [-0.05, 0) is 36.1 Å². The molecule has 2 heteroatoms. The van der Waals surface area contributed by atoms with Gasteiger partial charge in [0, 0.05) is 21.3 Å². The first kappa shape index (κ1) is 17.0. The van der Waals surface area contributed by atoms with Gasteiger partial charge in [0.2, 0.25) is 0 Å². The third-order valence-electron chi connectivity index (χ3n) is 4.73. The molecule has 0 radical (unpaired) electrons. The third-order valence-corrected chi connectivity index (χ3v) is 7.13. The largest absolute Gasteiger partial charge is 0.126 e. The summed E-state index contributed by atoms with van der Waals surface area (Å²) in [5.74, 6) is 4.27. The Balaban J connectivity index is 1.58. The number of benzene rings is 2. The maximum absolute atomic E-state index is 2.24. The molecule has 0 amide bonds. The predicted octanol–water partition coefficient (Wildman–Crippen LogP) is 6.77. The van der Waals surface area contributed by atoms with Crippen molar-refractivity contribution in [2.45, 2.75) is 41.9 Å². The van der Waals surface area contributed by atoms with Crippen molar-refractivity contribution in [1.82, 2.24) is 0 Å². The standard InChI is InChI=1S/C21H26S2/c1-4-10-18(11-5-1)19(16-22-20-12-6-2-7-13-20)17-23-21-14-8-3-9-15-21/h2-3,6-9,12-15,18-19H,1,4-5,10-11,16-17H2. The molecular formula is C21H26S2. The number of hydrogen-bond donors (Lipinski definition) is 0. The minimum absolute atomic E-state index is 0.825. The fourth-order valence-corrected chi connectivity index (χ4v) is 5.81. The summed E-state index contributed by atoms with van der Waals surface area (Å²) in [7, 11) is 0. The Morgan fingerprint density at radius 3 is 1.65 bits per heavy atom. The van der Waals surface area contributed by atoms with Crippen molar-refractivity contribution in [3.8, 4) is 0 Å². The van der Waals surface area contributed by atoms with E-state index in [0.717, 1.165) is 11.8 Å². The lowest BCUT2D eigenvalue weighted by Gasteiger charge is -2.30. The fraction of sp³-hybridized carbons (Fsp3) is 0.429. The molecule has 0 bridgehead atoms. The van der Waals surface area contributed by atoms with Crippen LogP contribution in [0.1, 0.15) is 32.1 Å². The Labute approximate surface area is 149 Å². The lowest BCUT2D eigenvalue weighted by molar-refractivity contribution is 0.286. The van der Waals surface area contributed by atoms with Crippen LogP contribution in [-0.2, 0) is 0 Å². The van der Waals surface area contributed by atoms with Crippen LogP contribution in [0.25, 0.3) is 0 Å². The van der Waals surface area contributed by atoms with Crippen LogP contribution in [0.15, 0.2) is 70.5 Å². The van der Waals surface area contributed by atoms with E-state index in [1.807, 2.05) is 23.5 Å². The smallest absolute Gasteiger partial charge is 0.00720 e. The van der Waals surface area contributed by atoms with Gasteiger partial charge in [0.15, 0.2) is 0 Å². The van der Waals surface area contributed by atoms with Gasteiger partial charge in [-0.1, -0.05) is 68.5 Å². The molecule has 122 valence electrons. The van der Waals surface area contributed by atoms with Crippen LogP contribution < -0.4 is 0 Å². The fourth-order valence-electron chi connectivity index (χ4n) is 3.37. The van der Waals surface area contributed by atoms with Crippen molar-refractivity contribution in [1.29, 1.82) is 0 Å². The van der Waals surface area contributed by atoms with Crippen LogP contribution in [-0.4, -0.2) is 11.5 Å². The normalized spacial score (nSPS) is 15.9. The summed E-state index contributed by atoms with van der Waals surface area (Å²) in [5, 5.41) is 0. The Kier molecular flexibility index (Phi) is 6.97. The van der Waals surface area contributed by atoms with E-state index in [4.69, 9.17) is 0 Å². The molecule has 3 rings (SSSR count). The molecule has 2 aromatic rings. The lowest BCUT2D eigenvalue weighted by atomic mass is 9.81. The first-order chi connectivity index (χ1) is 11.4. The van der Waals surface area contributed by atoms with Crippen molar-refractivity contribution in [3.63, 3.8) is 0 Å². The van der Waals surface area contributed by atoms with Crippen LogP contribution in [0.5, 0.6) is 0 Å². The topological polar surface area (TPSA) is 0 Å². The van der Waals surface area contributed by atoms with E-state index in [1.54, 1.807) is 0 Å². The Hall–Kier alpha value is -0.860. The molecule has 0 N–H and O–H groups in total. The van der Waals surface area contributed by atoms with Gasteiger partial charge >= 0.3 is 0 Å². The van der Waals surface area contributed by atoms with Crippen LogP contribution in [0.4, 0.5) is 0 Å². The van der Waals surface area contributed by atoms with E-state index in [2.05, 4.69) is 60.7 Å². The Bertz CT molecular complexity index is 503. The summed E-state index contributed by atoms with van der Waals surface area (Å²) in [6, 6.07) is 21.8. The first-order valence-corrected chi connectivity index (χ1v) is 10.7. The summed E-state index contributed by atoms with van der Waals surface area (Å²) in [6.07, 6.45) is 7.20. The van der Waals surface area contributed by atoms with E-state index in [0.29, 0.717) is 0 Å². The summed E-state index contributed by atoms with van der Waals surface area (Å²) in [5.41, 5.74) is 0. The minimum atomic E-state index is 0.825. The number of thioether (sulfide) groups is 2. The predicted molar refractivity (Wildman–Crippen MR) is 104 cm³/mol. The molecule has 1 aliphatic carbocycles. The quantitative estimate of drug-likeness (QED) is 0.509. The van der Waals surface area contributed by atoms with Crippen molar-refractivity contribution >= 4 is 23.5 Å². The molecule has 1 aliphatic rings. The Morgan fingerprint density at radius 2 is 1.17 bits per heavy atom. The maximum atomic E-state index is 2.24. The highest BCUT2D eigenvalue weighted by Gasteiger charge is 2.24. The highest BCUT2D eigenvalue weighted by molar-refractivity contribution is 8.00. The summed E-state index contributed by atoms with van der Waals surface area (Å²) in [6.45, 7) is 0. The summed E-state index contributed by atoms with van der Waals surface area (Å²) in [4.78, 5) is 2.83. The third kappa shape index (κ3) is 5.61. The average molecular weight is 343 g/mol. The molecule has 0 nitrogen and oxygen atoms in total. The van der Waals surface area contributed by atoms with Gasteiger partial charge in [-0.15, -0.1) is 23.5 Å². The molecule has 0 heterocycles. The van der Waals surface area contributed by atoms with E-state index < -0.39 is 0 Å². The maximum Gasteiger partial charge on any atom is 0.00720 e. The monoisotopic (exact) mass is 342 g/mol. The molecule has 0 unspecified atom stereocenters. The highest BCUT2D eigenvalue weighted by Crippen LogP contribution is 2.36. The van der Waals surface area contributed by atoms with E-state index in [9.17, 15) is 0 Å². The van der Waals surface area contributed by atoms with Crippen LogP contribution >= 0.6 is 23.5 Å². The van der Waals surface area contributed by atoms with Gasteiger partial charge in [0.25, 0.3) is 0 Å². The van der Waals surface area contributed by atoms with Crippen molar-refractivity contribution in [2.24, 2.45) is 11.8 Å². The molecule has 0 saturated heterocycles. The zero-order chi connectivity index (χ0) is 15.7. The molecule has 0 atom stereocenters. The second-order valence-electron chi connectivity index (χ2n) is 6.41. The van der Waals surface area contributed by atoms with Gasteiger partial charge < -0.3 is 0 Å². The molecule has 23 heavy (non-hydrogen) atoms. The van der Waals surface area contributed by atoms with Gasteiger partial charge in [0.05, 0.1) is 0 Å². The number of rotatable bonds is 7. The van der Waals surface area contributed by atoms with E-state index >= 15 is 0 Å². The van der Waals surface area contributed by atoms with E-state index in [1.165, 1.54) is 53.4 Å². The van der Waals surface area contributed by atoms with Crippen LogP contribution in [0.2, 0.25) is 0 Å². The molecule has 1 fully saturated rings. The van der Waals surface area contributed by atoms with Gasteiger partial charge in [-0.3, -0.25) is 0 Å². The minimum Gasteiger partial charge on any atom is -0.126 e. The highest BCUT2D eigenvalue weighted by atomic mass is 32.2. The summed E-state index contributed by atoms with van der Waals surface area (Å²) >= 11 is 4.09. The number of hydrogen-bond acceptors (Lipinski definition) is 2. The summed E-state index contributed by atoms with van der Waals surface area (Å²) < 4.78 is 0. The van der Waals surface area contributed by atoms with Crippen molar-refractivity contribution in [2.75, 3.05) is 11.5 Å². The Morgan fingerprint density at radius 1 is 0.696 bits per heavy atom. The first-order valence-electron chi connectivity index (χ1n) is 8.77. The zero-order valence-electron chi connectivity index (χ0n) is 13.7. The zero-order valence-corrected chi connectivity index (χ0v) is 15.3. The van der Waals surface area contributed by atoms with Gasteiger partial charge in [0.1, 0.15) is 0 Å². The van der Waals surface area contributed by atoms with Crippen molar-refractivity contribution in [3.05, 3.63) is 60.7 Å². The second kappa shape index (κ2) is 9.44. The van der Waals surface area contributed by atoms with E-state index in [-0.39, 0.29) is 0 Å². The van der Waals surface area contributed by atoms with Crippen molar-refractivity contribution < 1.29 is 0 Å². The van der Waals surface area contributed by atoms with Gasteiger partial charge in [-0.25, -0.2) is 0 Å². The molecule has 1 saturated carbocycles. The van der Waals surface area contributed by atoms with Crippen LogP contribution in [0.3, 0.4) is 0 Å². The van der Waals surface area contributed by atoms with Gasteiger partial charge in [-0.2, -0.15) is 0 Å².